The molecule has 1 aromatic heterocycles. The maximum Gasteiger partial charge on any atom is 0.358 e. The van der Waals surface area contributed by atoms with Crippen molar-refractivity contribution in [3.05, 3.63) is 35.7 Å². The van der Waals surface area contributed by atoms with Gasteiger partial charge in [-0.1, -0.05) is 5.21 Å². The van der Waals surface area contributed by atoms with E-state index < -0.39 is 11.9 Å². The molecule has 0 aliphatic rings. The van der Waals surface area contributed by atoms with Crippen LogP contribution in [0.25, 0.3) is 0 Å². The molecule has 1 heterocycles. The number of hydrogen-bond donors (Lipinski definition) is 4. The number of aromatic hydroxyl groups is 2. The molecular weight excluding hydrogens is 280 g/mol. The maximum atomic E-state index is 11.8. The van der Waals surface area contributed by atoms with Gasteiger partial charge in [-0.25, -0.2) is 9.48 Å². The van der Waals surface area contributed by atoms with Gasteiger partial charge in [-0.15, -0.1) is 5.10 Å². The molecule has 0 saturated heterocycles. The van der Waals surface area contributed by atoms with Gasteiger partial charge in [-0.05, 0) is 12.1 Å². The third-order valence-electron chi connectivity index (χ3n) is 2.61. The lowest BCUT2D eigenvalue weighted by Crippen LogP contribution is -2.27. The molecule has 0 aliphatic heterocycles. The second-order valence-corrected chi connectivity index (χ2v) is 4.13. The van der Waals surface area contributed by atoms with Gasteiger partial charge in [0.15, 0.2) is 5.69 Å². The molecule has 9 nitrogen and oxygen atoms in total. The fraction of sp³-hybridized carbons (Fsp3) is 0.167. The third-order valence-corrected chi connectivity index (χ3v) is 2.61. The molecule has 0 fully saturated rings. The predicted molar refractivity (Wildman–Crippen MR) is 69.1 cm³/mol. The fourth-order valence-electron chi connectivity index (χ4n) is 1.60. The topological polar surface area (TPSA) is 138 Å². The first kappa shape index (κ1) is 14.3. The Morgan fingerprint density at radius 3 is 2.67 bits per heavy atom. The maximum absolute atomic E-state index is 11.8. The number of amides is 1. The third kappa shape index (κ3) is 3.47. The van der Waals surface area contributed by atoms with Crippen molar-refractivity contribution < 1.29 is 24.9 Å². The Kier molecular flexibility index (Phi) is 4.02. The molecule has 0 aliphatic carbocycles. The lowest BCUT2D eigenvalue weighted by molar-refractivity contribution is 0.0690. The zero-order valence-corrected chi connectivity index (χ0v) is 10.7. The number of aromatic nitrogens is 3. The molecular formula is C12H12N4O5. The van der Waals surface area contributed by atoms with Crippen LogP contribution in [0, 0.1) is 0 Å². The van der Waals surface area contributed by atoms with Crippen LogP contribution in [0.15, 0.2) is 24.4 Å². The van der Waals surface area contributed by atoms with Crippen molar-refractivity contribution in [1.82, 2.24) is 20.3 Å². The monoisotopic (exact) mass is 292 g/mol. The molecule has 0 bridgehead atoms. The number of phenols is 2. The number of carboxylic acid groups (broad SMARTS) is 1. The quantitative estimate of drug-likeness (QED) is 0.599. The van der Waals surface area contributed by atoms with Crippen LogP contribution < -0.4 is 5.32 Å². The molecule has 21 heavy (non-hydrogen) atoms. The van der Waals surface area contributed by atoms with Gasteiger partial charge in [0, 0.05) is 12.6 Å². The van der Waals surface area contributed by atoms with Gasteiger partial charge in [0.2, 0.25) is 0 Å². The van der Waals surface area contributed by atoms with Gasteiger partial charge in [-0.2, -0.15) is 0 Å². The summed E-state index contributed by atoms with van der Waals surface area (Å²) in [5, 5.41) is 36.9. The van der Waals surface area contributed by atoms with Crippen molar-refractivity contribution in [2.24, 2.45) is 0 Å². The SMILES string of the molecule is O=C(O)c1cn(CCNC(=O)c2ccc(O)cc2O)nn1. The van der Waals surface area contributed by atoms with Crippen LogP contribution in [-0.2, 0) is 6.54 Å². The molecule has 0 atom stereocenters. The number of benzene rings is 1. The van der Waals surface area contributed by atoms with Gasteiger partial charge in [0.25, 0.3) is 5.91 Å². The highest BCUT2D eigenvalue weighted by Crippen LogP contribution is 2.22. The van der Waals surface area contributed by atoms with Crippen molar-refractivity contribution >= 4 is 11.9 Å². The van der Waals surface area contributed by atoms with Crippen LogP contribution in [0.4, 0.5) is 0 Å². The van der Waals surface area contributed by atoms with Gasteiger partial charge in [0.1, 0.15) is 11.5 Å². The number of carbonyl (C=O) groups excluding carboxylic acids is 1. The Hall–Kier alpha value is -3.10. The van der Waals surface area contributed by atoms with Crippen LogP contribution in [0.3, 0.4) is 0 Å². The summed E-state index contributed by atoms with van der Waals surface area (Å²) in [6, 6.07) is 3.63. The van der Waals surface area contributed by atoms with E-state index in [0.717, 1.165) is 6.07 Å². The van der Waals surface area contributed by atoms with Gasteiger partial charge in [0.05, 0.1) is 18.3 Å². The first-order valence-corrected chi connectivity index (χ1v) is 5.91. The smallest absolute Gasteiger partial charge is 0.358 e. The van der Waals surface area contributed by atoms with Crippen LogP contribution in [-0.4, -0.2) is 48.7 Å². The van der Waals surface area contributed by atoms with Crippen molar-refractivity contribution in [2.75, 3.05) is 6.54 Å². The van der Waals surface area contributed by atoms with E-state index >= 15 is 0 Å². The highest BCUT2D eigenvalue weighted by molar-refractivity contribution is 5.96. The number of aromatic carboxylic acids is 1. The lowest BCUT2D eigenvalue weighted by Gasteiger charge is -2.06. The normalized spacial score (nSPS) is 10.3. The second-order valence-electron chi connectivity index (χ2n) is 4.13. The molecule has 0 radical (unpaired) electrons. The molecule has 9 heteroatoms. The Balaban J connectivity index is 1.90. The van der Waals surface area contributed by atoms with Gasteiger partial charge in [-0.3, -0.25) is 4.79 Å². The predicted octanol–water partition coefficient (Wildman–Crippen LogP) is -0.183. The van der Waals surface area contributed by atoms with Crippen LogP contribution in [0.5, 0.6) is 11.5 Å². The van der Waals surface area contributed by atoms with E-state index in [1.54, 1.807) is 0 Å². The minimum Gasteiger partial charge on any atom is -0.508 e. The van der Waals surface area contributed by atoms with E-state index in [1.165, 1.54) is 23.0 Å². The molecule has 4 N–H and O–H groups in total. The minimum atomic E-state index is -1.18. The van der Waals surface area contributed by atoms with Crippen molar-refractivity contribution in [2.45, 2.75) is 6.54 Å². The summed E-state index contributed by atoms with van der Waals surface area (Å²) in [7, 11) is 0. The molecule has 1 amide bonds. The largest absolute Gasteiger partial charge is 0.508 e. The zero-order chi connectivity index (χ0) is 15.4. The van der Waals surface area contributed by atoms with Crippen molar-refractivity contribution in [3.8, 4) is 11.5 Å². The highest BCUT2D eigenvalue weighted by Gasteiger charge is 2.12. The number of carbonyl (C=O) groups is 2. The summed E-state index contributed by atoms with van der Waals surface area (Å²) < 4.78 is 1.28. The average molecular weight is 292 g/mol. The van der Waals surface area contributed by atoms with E-state index in [1.807, 2.05) is 0 Å². The summed E-state index contributed by atoms with van der Waals surface area (Å²) in [6.45, 7) is 0.395. The molecule has 0 unspecified atom stereocenters. The first-order chi connectivity index (χ1) is 9.97. The first-order valence-electron chi connectivity index (χ1n) is 5.91. The number of carboxylic acids is 1. The number of rotatable bonds is 5. The van der Waals surface area contributed by atoms with Crippen molar-refractivity contribution in [3.63, 3.8) is 0 Å². The molecule has 1 aromatic carbocycles. The van der Waals surface area contributed by atoms with E-state index in [-0.39, 0.29) is 35.8 Å². The van der Waals surface area contributed by atoms with E-state index in [9.17, 15) is 14.7 Å². The molecule has 0 saturated carbocycles. The van der Waals surface area contributed by atoms with E-state index in [2.05, 4.69) is 15.6 Å². The standard InChI is InChI=1S/C12H12N4O5/c17-7-1-2-8(10(18)5-7)11(19)13-3-4-16-6-9(12(20)21)14-15-16/h1-2,5-6,17-18H,3-4H2,(H,13,19)(H,20,21). The Labute approximate surface area is 118 Å². The summed E-state index contributed by atoms with van der Waals surface area (Å²) in [5.41, 5.74) is -0.157. The number of phenolic OH excluding ortho intramolecular Hbond substituents is 2. The minimum absolute atomic E-state index is 0.0256. The van der Waals surface area contributed by atoms with Crippen LogP contribution in [0.1, 0.15) is 20.8 Å². The molecule has 110 valence electrons. The molecule has 2 aromatic rings. The zero-order valence-electron chi connectivity index (χ0n) is 10.7. The van der Waals surface area contributed by atoms with Gasteiger partial charge < -0.3 is 20.6 Å². The molecule has 0 spiro atoms. The number of nitrogens with one attached hydrogen (secondary N) is 1. The number of hydrogen-bond acceptors (Lipinski definition) is 6. The average Bonchev–Trinajstić information content (AvgIpc) is 2.87. The molecule has 2 rings (SSSR count). The Morgan fingerprint density at radius 1 is 1.29 bits per heavy atom. The van der Waals surface area contributed by atoms with Crippen LogP contribution >= 0.6 is 0 Å². The number of nitrogens with zero attached hydrogens (tertiary/aromatic N) is 3. The van der Waals surface area contributed by atoms with Crippen LogP contribution in [0.2, 0.25) is 0 Å². The van der Waals surface area contributed by atoms with Crippen molar-refractivity contribution in [1.29, 1.82) is 0 Å². The fourth-order valence-corrected chi connectivity index (χ4v) is 1.60. The van der Waals surface area contributed by atoms with Gasteiger partial charge >= 0.3 is 5.97 Å². The highest BCUT2D eigenvalue weighted by atomic mass is 16.4. The summed E-state index contributed by atoms with van der Waals surface area (Å²) in [6.07, 6.45) is 1.24. The summed E-state index contributed by atoms with van der Waals surface area (Å²) in [5.74, 6) is -2.18. The Bertz CT molecular complexity index is 682. The van der Waals surface area contributed by atoms with E-state index in [0.29, 0.717) is 0 Å². The summed E-state index contributed by atoms with van der Waals surface area (Å²) >= 11 is 0. The Morgan fingerprint density at radius 2 is 2.05 bits per heavy atom. The summed E-state index contributed by atoms with van der Waals surface area (Å²) in [4.78, 5) is 22.4. The second kappa shape index (κ2) is 5.90. The lowest BCUT2D eigenvalue weighted by atomic mass is 10.2. The van der Waals surface area contributed by atoms with E-state index in [4.69, 9.17) is 10.2 Å².